The third kappa shape index (κ3) is 3.00. The number of nitrogens with zero attached hydrogens (tertiary/aromatic N) is 4. The molecule has 1 fully saturated rings. The lowest BCUT2D eigenvalue weighted by Gasteiger charge is -2.18. The van der Waals surface area contributed by atoms with Crippen LogP contribution in [0, 0.1) is 0 Å². The zero-order chi connectivity index (χ0) is 14.8. The summed E-state index contributed by atoms with van der Waals surface area (Å²) in [7, 11) is 1.68. The van der Waals surface area contributed by atoms with E-state index in [-0.39, 0.29) is 11.7 Å². The van der Waals surface area contributed by atoms with Gasteiger partial charge in [0.2, 0.25) is 0 Å². The highest BCUT2D eigenvalue weighted by Crippen LogP contribution is 2.26. The van der Waals surface area contributed by atoms with Gasteiger partial charge in [-0.2, -0.15) is 0 Å². The molecule has 0 radical (unpaired) electrons. The largest absolute Gasteiger partial charge is 0.487 e. The molecule has 1 aliphatic heterocycles. The van der Waals surface area contributed by atoms with Gasteiger partial charge in [-0.1, -0.05) is 11.6 Å². The molecule has 0 saturated carbocycles. The standard InChI is InChI=1S/C14H15ClN4O2/c1-18-9-17-13(6-14(18)20)19-5-3-10(8-19)21-12-2-4-16-7-11(12)15/h2,4,6-7,9-10H,3,5,8H2,1H3. The second-order valence-electron chi connectivity index (χ2n) is 4.98. The number of hydrogen-bond donors (Lipinski definition) is 0. The van der Waals surface area contributed by atoms with E-state index in [9.17, 15) is 4.79 Å². The number of anilines is 1. The molecule has 0 aromatic carbocycles. The van der Waals surface area contributed by atoms with Crippen molar-refractivity contribution >= 4 is 17.4 Å². The Morgan fingerprint density at radius 1 is 1.48 bits per heavy atom. The average molecular weight is 307 g/mol. The van der Waals surface area contributed by atoms with Gasteiger partial charge in [0.1, 0.15) is 22.7 Å². The highest BCUT2D eigenvalue weighted by atomic mass is 35.5. The molecule has 1 saturated heterocycles. The number of rotatable bonds is 3. The fourth-order valence-electron chi connectivity index (χ4n) is 2.30. The summed E-state index contributed by atoms with van der Waals surface area (Å²) in [5, 5.41) is 0.502. The number of aromatic nitrogens is 3. The van der Waals surface area contributed by atoms with Crippen LogP contribution in [-0.2, 0) is 7.05 Å². The lowest BCUT2D eigenvalue weighted by molar-refractivity contribution is 0.225. The summed E-state index contributed by atoms with van der Waals surface area (Å²) in [5.41, 5.74) is -0.0680. The van der Waals surface area contributed by atoms with Crippen molar-refractivity contribution < 1.29 is 4.74 Å². The topological polar surface area (TPSA) is 60.3 Å². The van der Waals surface area contributed by atoms with Crippen LogP contribution in [0.2, 0.25) is 5.02 Å². The van der Waals surface area contributed by atoms with Crippen molar-refractivity contribution in [2.45, 2.75) is 12.5 Å². The van der Waals surface area contributed by atoms with E-state index in [1.54, 1.807) is 31.6 Å². The maximum Gasteiger partial charge on any atom is 0.255 e. The van der Waals surface area contributed by atoms with E-state index in [0.717, 1.165) is 13.0 Å². The maximum absolute atomic E-state index is 11.7. The normalized spacial score (nSPS) is 18.0. The quantitative estimate of drug-likeness (QED) is 0.860. The van der Waals surface area contributed by atoms with Gasteiger partial charge >= 0.3 is 0 Å². The Kier molecular flexibility index (Phi) is 3.79. The smallest absolute Gasteiger partial charge is 0.255 e. The van der Waals surface area contributed by atoms with Gasteiger partial charge < -0.3 is 14.2 Å². The van der Waals surface area contributed by atoms with Crippen molar-refractivity contribution in [3.8, 4) is 5.75 Å². The Bertz CT molecular complexity index is 703. The second-order valence-corrected chi connectivity index (χ2v) is 5.38. The van der Waals surface area contributed by atoms with Crippen LogP contribution in [0.3, 0.4) is 0 Å². The number of halogens is 1. The van der Waals surface area contributed by atoms with Gasteiger partial charge in [-0.05, 0) is 0 Å². The van der Waals surface area contributed by atoms with Crippen molar-refractivity contribution in [2.24, 2.45) is 7.05 Å². The zero-order valence-corrected chi connectivity index (χ0v) is 12.3. The summed E-state index contributed by atoms with van der Waals surface area (Å²) >= 11 is 6.04. The van der Waals surface area contributed by atoms with E-state index in [2.05, 4.69) is 9.97 Å². The summed E-state index contributed by atoms with van der Waals surface area (Å²) in [6.07, 6.45) is 5.62. The molecule has 6 nitrogen and oxygen atoms in total. The molecule has 1 atom stereocenters. The molecule has 21 heavy (non-hydrogen) atoms. The lowest BCUT2D eigenvalue weighted by atomic mass is 10.3. The number of pyridine rings is 1. The molecule has 0 bridgehead atoms. The molecule has 1 aliphatic rings. The molecule has 1 unspecified atom stereocenters. The summed E-state index contributed by atoms with van der Waals surface area (Å²) in [4.78, 5) is 21.9. The maximum atomic E-state index is 11.7. The molecule has 0 spiro atoms. The number of ether oxygens (including phenoxy) is 1. The molecule has 0 N–H and O–H groups in total. The van der Waals surface area contributed by atoms with Gasteiger partial charge in [0.25, 0.3) is 5.56 Å². The van der Waals surface area contributed by atoms with Crippen LogP contribution in [0.1, 0.15) is 6.42 Å². The molecule has 0 aliphatic carbocycles. The first-order valence-corrected chi connectivity index (χ1v) is 7.05. The van der Waals surface area contributed by atoms with Crippen molar-refractivity contribution in [1.82, 2.24) is 14.5 Å². The van der Waals surface area contributed by atoms with Crippen LogP contribution in [0.5, 0.6) is 5.75 Å². The van der Waals surface area contributed by atoms with Crippen LogP contribution in [0.25, 0.3) is 0 Å². The van der Waals surface area contributed by atoms with E-state index in [1.807, 2.05) is 4.90 Å². The van der Waals surface area contributed by atoms with Crippen molar-refractivity contribution in [3.05, 3.63) is 46.2 Å². The highest BCUT2D eigenvalue weighted by Gasteiger charge is 2.25. The van der Waals surface area contributed by atoms with Crippen LogP contribution < -0.4 is 15.2 Å². The SMILES string of the molecule is Cn1cnc(N2CCC(Oc3ccncc3Cl)C2)cc1=O. The summed E-state index contributed by atoms with van der Waals surface area (Å²) < 4.78 is 7.34. The molecule has 3 rings (SSSR count). The first-order chi connectivity index (χ1) is 10.1. The molecule has 2 aromatic heterocycles. The van der Waals surface area contributed by atoms with Crippen LogP contribution >= 0.6 is 11.6 Å². The minimum absolute atomic E-state index is 0.0239. The Labute approximate surface area is 127 Å². The summed E-state index contributed by atoms with van der Waals surface area (Å²) in [6.45, 7) is 1.48. The minimum atomic E-state index is -0.0680. The average Bonchev–Trinajstić information content (AvgIpc) is 2.93. The zero-order valence-electron chi connectivity index (χ0n) is 11.6. The van der Waals surface area contributed by atoms with Crippen LogP contribution in [0.4, 0.5) is 5.82 Å². The fourth-order valence-corrected chi connectivity index (χ4v) is 2.46. The third-order valence-corrected chi connectivity index (χ3v) is 3.75. The number of hydrogen-bond acceptors (Lipinski definition) is 5. The van der Waals surface area contributed by atoms with Gasteiger partial charge in [0.15, 0.2) is 0 Å². The van der Waals surface area contributed by atoms with Crippen molar-refractivity contribution in [2.75, 3.05) is 18.0 Å². The monoisotopic (exact) mass is 306 g/mol. The molecule has 7 heteroatoms. The minimum Gasteiger partial charge on any atom is -0.487 e. The molecule has 0 amide bonds. The summed E-state index contributed by atoms with van der Waals surface area (Å²) in [5.74, 6) is 1.32. The predicted molar refractivity (Wildman–Crippen MR) is 80.0 cm³/mol. The van der Waals surface area contributed by atoms with E-state index < -0.39 is 0 Å². The first-order valence-electron chi connectivity index (χ1n) is 6.67. The highest BCUT2D eigenvalue weighted by molar-refractivity contribution is 6.31. The lowest BCUT2D eigenvalue weighted by Crippen LogP contribution is -2.27. The van der Waals surface area contributed by atoms with Crippen LogP contribution in [-0.4, -0.2) is 33.7 Å². The van der Waals surface area contributed by atoms with E-state index in [1.165, 1.54) is 10.9 Å². The molecule has 2 aromatic rings. The van der Waals surface area contributed by atoms with E-state index in [0.29, 0.717) is 23.1 Å². The molecular weight excluding hydrogens is 292 g/mol. The summed E-state index contributed by atoms with van der Waals surface area (Å²) in [6, 6.07) is 3.29. The first kappa shape index (κ1) is 13.9. The number of aryl methyl sites for hydroxylation is 1. The third-order valence-electron chi connectivity index (χ3n) is 3.46. The van der Waals surface area contributed by atoms with E-state index >= 15 is 0 Å². The molecule has 110 valence electrons. The predicted octanol–water partition coefficient (Wildman–Crippen LogP) is 1.49. The Balaban J connectivity index is 1.69. The fraction of sp³-hybridized carbons (Fsp3) is 0.357. The van der Waals surface area contributed by atoms with Gasteiger partial charge in [0, 0.05) is 44.5 Å². The van der Waals surface area contributed by atoms with Crippen molar-refractivity contribution in [3.63, 3.8) is 0 Å². The second kappa shape index (κ2) is 5.73. The van der Waals surface area contributed by atoms with Crippen molar-refractivity contribution in [1.29, 1.82) is 0 Å². The van der Waals surface area contributed by atoms with Gasteiger partial charge in [-0.3, -0.25) is 9.78 Å². The molecule has 3 heterocycles. The van der Waals surface area contributed by atoms with Gasteiger partial charge in [-0.25, -0.2) is 4.98 Å². The Morgan fingerprint density at radius 2 is 2.33 bits per heavy atom. The molecular formula is C14H15ClN4O2. The Morgan fingerprint density at radius 3 is 3.10 bits per heavy atom. The van der Waals surface area contributed by atoms with Crippen LogP contribution in [0.15, 0.2) is 35.6 Å². The van der Waals surface area contributed by atoms with Gasteiger partial charge in [-0.15, -0.1) is 0 Å². The van der Waals surface area contributed by atoms with E-state index in [4.69, 9.17) is 16.3 Å². The Hall–Kier alpha value is -2.08. The van der Waals surface area contributed by atoms with Gasteiger partial charge in [0.05, 0.1) is 12.9 Å².